The third kappa shape index (κ3) is 3.54. The van der Waals surface area contributed by atoms with Crippen molar-refractivity contribution in [2.75, 3.05) is 7.11 Å². The molecule has 0 bridgehead atoms. The van der Waals surface area contributed by atoms with Gasteiger partial charge in [0.1, 0.15) is 5.75 Å². The molecule has 4 heteroatoms. The molecule has 2 aromatic carbocycles. The maximum absolute atomic E-state index is 6.24. The highest BCUT2D eigenvalue weighted by Crippen LogP contribution is 2.28. The van der Waals surface area contributed by atoms with E-state index in [-0.39, 0.29) is 6.04 Å². The van der Waals surface area contributed by atoms with Gasteiger partial charge in [0.05, 0.1) is 7.11 Å². The average Bonchev–Trinajstić information content (AvgIpc) is 2.46. The molecule has 1 atom stereocenters. The summed E-state index contributed by atoms with van der Waals surface area (Å²) < 4.78 is 6.46. The van der Waals surface area contributed by atoms with E-state index in [1.807, 2.05) is 36.4 Å². The normalized spacial score (nSPS) is 12.2. The first kappa shape index (κ1) is 15.4. The maximum atomic E-state index is 6.24. The van der Waals surface area contributed by atoms with Gasteiger partial charge in [0.15, 0.2) is 0 Å². The van der Waals surface area contributed by atoms with Crippen molar-refractivity contribution in [3.8, 4) is 5.75 Å². The maximum Gasteiger partial charge on any atom is 0.124 e. The Balaban J connectivity index is 2.11. The van der Waals surface area contributed by atoms with E-state index in [0.29, 0.717) is 6.54 Å². The molecular weight excluding hydrogens is 338 g/mol. The zero-order chi connectivity index (χ0) is 14.5. The summed E-state index contributed by atoms with van der Waals surface area (Å²) in [5.41, 5.74) is 2.20. The van der Waals surface area contributed by atoms with Crippen LogP contribution in [0.3, 0.4) is 0 Å². The van der Waals surface area contributed by atoms with Crippen molar-refractivity contribution in [1.82, 2.24) is 5.32 Å². The number of hydrogen-bond donors (Lipinski definition) is 1. The summed E-state index contributed by atoms with van der Waals surface area (Å²) in [7, 11) is 1.66. The molecule has 0 fully saturated rings. The third-order valence-corrected chi connectivity index (χ3v) is 4.33. The summed E-state index contributed by atoms with van der Waals surface area (Å²) >= 11 is 9.81. The van der Waals surface area contributed by atoms with Gasteiger partial charge in [-0.3, -0.25) is 0 Å². The monoisotopic (exact) mass is 353 g/mol. The molecule has 0 aliphatic heterocycles. The zero-order valence-corrected chi connectivity index (χ0v) is 13.8. The lowest BCUT2D eigenvalue weighted by Gasteiger charge is -2.17. The van der Waals surface area contributed by atoms with Crippen molar-refractivity contribution in [2.45, 2.75) is 19.5 Å². The second kappa shape index (κ2) is 7.11. The molecule has 0 amide bonds. The van der Waals surface area contributed by atoms with Crippen molar-refractivity contribution < 1.29 is 4.74 Å². The fourth-order valence-electron chi connectivity index (χ4n) is 2.09. The van der Waals surface area contributed by atoms with Gasteiger partial charge in [-0.05, 0) is 30.7 Å². The Morgan fingerprint density at radius 2 is 1.95 bits per heavy atom. The number of rotatable bonds is 5. The quantitative estimate of drug-likeness (QED) is 0.819. The molecular formula is C16H17BrClNO. The molecule has 2 nitrogen and oxygen atoms in total. The first-order chi connectivity index (χ1) is 9.63. The number of hydrogen-bond acceptors (Lipinski definition) is 2. The zero-order valence-electron chi connectivity index (χ0n) is 11.5. The summed E-state index contributed by atoms with van der Waals surface area (Å²) in [6.45, 7) is 2.79. The van der Waals surface area contributed by atoms with Crippen LogP contribution in [0.15, 0.2) is 46.9 Å². The number of halogens is 2. The minimum atomic E-state index is 0.214. The van der Waals surface area contributed by atoms with Crippen LogP contribution < -0.4 is 10.1 Å². The van der Waals surface area contributed by atoms with Gasteiger partial charge in [-0.1, -0.05) is 51.8 Å². The molecule has 1 N–H and O–H groups in total. The molecule has 106 valence electrons. The second-order valence-corrected chi connectivity index (χ2v) is 5.81. The number of nitrogens with one attached hydrogen (secondary N) is 1. The highest BCUT2D eigenvalue weighted by Gasteiger charge is 2.11. The average molecular weight is 355 g/mol. The van der Waals surface area contributed by atoms with Crippen LogP contribution in [0.4, 0.5) is 0 Å². The van der Waals surface area contributed by atoms with Gasteiger partial charge in [-0.25, -0.2) is 0 Å². The molecule has 0 saturated carbocycles. The van der Waals surface area contributed by atoms with E-state index in [9.17, 15) is 0 Å². The van der Waals surface area contributed by atoms with E-state index in [0.717, 1.165) is 20.8 Å². The van der Waals surface area contributed by atoms with Crippen molar-refractivity contribution in [3.63, 3.8) is 0 Å². The Kier molecular flexibility index (Phi) is 5.46. The lowest BCUT2D eigenvalue weighted by Crippen LogP contribution is -2.19. The minimum absolute atomic E-state index is 0.214. The molecule has 20 heavy (non-hydrogen) atoms. The van der Waals surface area contributed by atoms with Gasteiger partial charge in [-0.15, -0.1) is 0 Å². The first-order valence-corrected chi connectivity index (χ1v) is 7.59. The number of ether oxygens (including phenoxy) is 1. The fraction of sp³-hybridized carbons (Fsp3) is 0.250. The van der Waals surface area contributed by atoms with Gasteiger partial charge >= 0.3 is 0 Å². The molecule has 2 aromatic rings. The number of methoxy groups -OCH3 is 1. The van der Waals surface area contributed by atoms with Crippen molar-refractivity contribution >= 4 is 27.5 Å². The molecule has 0 unspecified atom stereocenters. The molecule has 0 radical (unpaired) electrons. The Morgan fingerprint density at radius 1 is 1.20 bits per heavy atom. The summed E-state index contributed by atoms with van der Waals surface area (Å²) in [5, 5.41) is 4.20. The Hall–Kier alpha value is -1.03. The van der Waals surface area contributed by atoms with E-state index in [2.05, 4.69) is 34.2 Å². The van der Waals surface area contributed by atoms with Crippen LogP contribution in [0.1, 0.15) is 24.1 Å². The standard InChI is InChI=1S/C16H17BrClNO/c1-11(12-6-3-4-7-14(12)17)19-10-13-15(18)8-5-9-16(13)20-2/h3-9,11,19H,10H2,1-2H3/t11-/m1/s1. The van der Waals surface area contributed by atoms with Crippen LogP contribution in [0.2, 0.25) is 5.02 Å². The van der Waals surface area contributed by atoms with E-state index < -0.39 is 0 Å². The minimum Gasteiger partial charge on any atom is -0.496 e. The number of benzene rings is 2. The SMILES string of the molecule is COc1cccc(Cl)c1CN[C@H](C)c1ccccc1Br. The van der Waals surface area contributed by atoms with Crippen LogP contribution in [0.5, 0.6) is 5.75 Å². The highest BCUT2D eigenvalue weighted by molar-refractivity contribution is 9.10. The Morgan fingerprint density at radius 3 is 2.65 bits per heavy atom. The Bertz CT molecular complexity index is 588. The van der Waals surface area contributed by atoms with E-state index in [1.165, 1.54) is 5.56 Å². The van der Waals surface area contributed by atoms with Crippen LogP contribution >= 0.6 is 27.5 Å². The van der Waals surface area contributed by atoms with Gasteiger partial charge in [0, 0.05) is 27.6 Å². The largest absolute Gasteiger partial charge is 0.496 e. The predicted octanol–water partition coefficient (Wildman–Crippen LogP) is 4.96. The van der Waals surface area contributed by atoms with Crippen molar-refractivity contribution in [3.05, 3.63) is 63.1 Å². The molecule has 0 spiro atoms. The second-order valence-electron chi connectivity index (χ2n) is 4.54. The fourth-order valence-corrected chi connectivity index (χ4v) is 2.95. The molecule has 0 heterocycles. The smallest absolute Gasteiger partial charge is 0.124 e. The highest BCUT2D eigenvalue weighted by atomic mass is 79.9. The molecule has 2 rings (SSSR count). The first-order valence-electron chi connectivity index (χ1n) is 6.42. The van der Waals surface area contributed by atoms with E-state index in [4.69, 9.17) is 16.3 Å². The van der Waals surface area contributed by atoms with Gasteiger partial charge < -0.3 is 10.1 Å². The third-order valence-electron chi connectivity index (χ3n) is 3.25. The molecule has 0 aliphatic rings. The van der Waals surface area contributed by atoms with Crippen LogP contribution in [-0.2, 0) is 6.54 Å². The van der Waals surface area contributed by atoms with E-state index >= 15 is 0 Å². The van der Waals surface area contributed by atoms with Crippen LogP contribution in [0, 0.1) is 0 Å². The van der Waals surface area contributed by atoms with Gasteiger partial charge in [0.25, 0.3) is 0 Å². The van der Waals surface area contributed by atoms with Crippen molar-refractivity contribution in [1.29, 1.82) is 0 Å². The van der Waals surface area contributed by atoms with Gasteiger partial charge in [-0.2, -0.15) is 0 Å². The summed E-state index contributed by atoms with van der Waals surface area (Å²) in [4.78, 5) is 0. The molecule has 0 saturated heterocycles. The van der Waals surface area contributed by atoms with E-state index in [1.54, 1.807) is 7.11 Å². The summed E-state index contributed by atoms with van der Waals surface area (Å²) in [6, 6.07) is 14.1. The lowest BCUT2D eigenvalue weighted by molar-refractivity contribution is 0.406. The van der Waals surface area contributed by atoms with Crippen LogP contribution in [0.25, 0.3) is 0 Å². The topological polar surface area (TPSA) is 21.3 Å². The van der Waals surface area contributed by atoms with Gasteiger partial charge in [0.2, 0.25) is 0 Å². The molecule has 0 aromatic heterocycles. The lowest BCUT2D eigenvalue weighted by atomic mass is 10.1. The summed E-state index contributed by atoms with van der Waals surface area (Å²) in [6.07, 6.45) is 0. The predicted molar refractivity (Wildman–Crippen MR) is 87.4 cm³/mol. The Labute approximate surface area is 133 Å². The van der Waals surface area contributed by atoms with Crippen LogP contribution in [-0.4, -0.2) is 7.11 Å². The van der Waals surface area contributed by atoms with Crippen molar-refractivity contribution in [2.24, 2.45) is 0 Å². The molecule has 0 aliphatic carbocycles. The summed E-state index contributed by atoms with van der Waals surface area (Å²) in [5.74, 6) is 0.810.